The number of ether oxygens (including phenoxy) is 3. The number of hydrogen-bond acceptors (Lipinski definition) is 7. The molecule has 2 aliphatic heterocycles. The van der Waals surface area contributed by atoms with Gasteiger partial charge in [0, 0.05) is 24.2 Å². The van der Waals surface area contributed by atoms with Crippen LogP contribution >= 0.6 is 0 Å². The average Bonchev–Trinajstić information content (AvgIpc) is 3.29. The van der Waals surface area contributed by atoms with Gasteiger partial charge in [-0.15, -0.1) is 0 Å². The van der Waals surface area contributed by atoms with Crippen molar-refractivity contribution in [2.75, 3.05) is 12.4 Å². The van der Waals surface area contributed by atoms with Crippen LogP contribution in [0.2, 0.25) is 0 Å². The Hall–Kier alpha value is -5.07. The quantitative estimate of drug-likeness (QED) is 0.355. The molecule has 2 aliphatic rings. The van der Waals surface area contributed by atoms with Gasteiger partial charge in [0.15, 0.2) is 0 Å². The highest BCUT2D eigenvalue weighted by atomic mass is 19.3. The zero-order valence-corrected chi connectivity index (χ0v) is 22.1. The van der Waals surface area contributed by atoms with Gasteiger partial charge in [-0.05, 0) is 54.4 Å². The molecule has 5 rings (SSSR count). The number of fused-ring (bicyclic) bond motifs is 1. The Labute approximate surface area is 237 Å². The SMILES string of the molecule is COc1c(COC(=O)Nc2ccc(Oc3ccc(F)cc3C(F)F)cc2)ccc2c1C(=O)N(C1CCC(=O)NC1=O)C2. The van der Waals surface area contributed by atoms with Crippen LogP contribution in [0.1, 0.15) is 46.3 Å². The maximum atomic E-state index is 13.3. The molecule has 10 nitrogen and oxygen atoms in total. The fraction of sp³-hybridized carbons (Fsp3) is 0.241. The van der Waals surface area contributed by atoms with Crippen LogP contribution in [0.4, 0.5) is 23.7 Å². The summed E-state index contributed by atoms with van der Waals surface area (Å²) in [5, 5.41) is 4.78. The van der Waals surface area contributed by atoms with Crippen molar-refractivity contribution in [2.45, 2.75) is 38.5 Å². The van der Waals surface area contributed by atoms with Crippen LogP contribution in [-0.4, -0.2) is 41.9 Å². The lowest BCUT2D eigenvalue weighted by Gasteiger charge is -2.29. The van der Waals surface area contributed by atoms with Crippen LogP contribution in [0.5, 0.6) is 17.2 Å². The molecule has 1 saturated heterocycles. The number of alkyl halides is 2. The van der Waals surface area contributed by atoms with Crippen LogP contribution < -0.4 is 20.1 Å². The molecule has 42 heavy (non-hydrogen) atoms. The van der Waals surface area contributed by atoms with Crippen molar-refractivity contribution in [3.05, 3.63) is 82.7 Å². The molecule has 1 unspecified atom stereocenters. The number of anilines is 1. The number of carbonyl (C=O) groups excluding carboxylic acids is 4. The summed E-state index contributed by atoms with van der Waals surface area (Å²) in [6.07, 6.45) is -3.40. The molecule has 2 heterocycles. The van der Waals surface area contributed by atoms with Gasteiger partial charge >= 0.3 is 6.09 Å². The van der Waals surface area contributed by atoms with E-state index in [0.717, 1.165) is 12.1 Å². The number of benzene rings is 3. The summed E-state index contributed by atoms with van der Waals surface area (Å²) in [6.45, 7) is -0.0705. The van der Waals surface area contributed by atoms with E-state index in [1.807, 2.05) is 0 Å². The first-order chi connectivity index (χ1) is 20.1. The van der Waals surface area contributed by atoms with Gasteiger partial charge in [0.2, 0.25) is 11.8 Å². The van der Waals surface area contributed by atoms with Gasteiger partial charge in [0.1, 0.15) is 35.7 Å². The number of halogens is 3. The van der Waals surface area contributed by atoms with Crippen molar-refractivity contribution in [1.82, 2.24) is 10.2 Å². The van der Waals surface area contributed by atoms with Gasteiger partial charge in [-0.1, -0.05) is 12.1 Å². The van der Waals surface area contributed by atoms with E-state index in [-0.39, 0.29) is 54.7 Å². The topological polar surface area (TPSA) is 123 Å². The maximum absolute atomic E-state index is 13.3. The Balaban J connectivity index is 1.21. The molecular weight excluding hydrogens is 559 g/mol. The fourth-order valence-corrected chi connectivity index (χ4v) is 4.82. The second kappa shape index (κ2) is 11.8. The molecule has 3 aromatic carbocycles. The van der Waals surface area contributed by atoms with Crippen molar-refractivity contribution in [3.63, 3.8) is 0 Å². The van der Waals surface area contributed by atoms with Gasteiger partial charge in [0.25, 0.3) is 12.3 Å². The van der Waals surface area contributed by atoms with E-state index in [2.05, 4.69) is 10.6 Å². The van der Waals surface area contributed by atoms with Gasteiger partial charge in [-0.2, -0.15) is 0 Å². The first kappa shape index (κ1) is 28.5. The standard InChI is InChI=1S/C29H24F3N3O7/c1-40-25-16(3-2-15-13-35(28(38)24(15)25)21-9-11-23(36)34-27(21)37)14-41-29(39)33-18-5-7-19(8-6-18)42-22-10-4-17(30)12-20(22)26(31)32/h2-8,10,12,21,26H,9,11,13-14H2,1H3,(H,33,39)(H,34,36,37). The second-order valence-corrected chi connectivity index (χ2v) is 9.50. The number of rotatable bonds is 8. The number of imide groups is 1. The molecule has 1 fully saturated rings. The van der Waals surface area contributed by atoms with Gasteiger partial charge < -0.3 is 19.1 Å². The number of piperidine rings is 1. The van der Waals surface area contributed by atoms with Crippen molar-refractivity contribution in [1.29, 1.82) is 0 Å². The van der Waals surface area contributed by atoms with Crippen LogP contribution in [-0.2, 0) is 27.5 Å². The highest BCUT2D eigenvalue weighted by Crippen LogP contribution is 2.37. The maximum Gasteiger partial charge on any atom is 0.411 e. The van der Waals surface area contributed by atoms with Crippen molar-refractivity contribution in [2.24, 2.45) is 0 Å². The number of nitrogens with zero attached hydrogens (tertiary/aromatic N) is 1. The predicted molar refractivity (Wildman–Crippen MR) is 141 cm³/mol. The summed E-state index contributed by atoms with van der Waals surface area (Å²) in [6, 6.07) is 11.2. The van der Waals surface area contributed by atoms with Crippen LogP contribution in [0.3, 0.4) is 0 Å². The average molecular weight is 584 g/mol. The van der Waals surface area contributed by atoms with Crippen molar-refractivity contribution >= 4 is 29.5 Å². The molecule has 13 heteroatoms. The zero-order valence-electron chi connectivity index (χ0n) is 22.1. The minimum atomic E-state index is -2.93. The molecule has 4 amide bonds. The van der Waals surface area contributed by atoms with E-state index in [1.54, 1.807) is 12.1 Å². The van der Waals surface area contributed by atoms with Gasteiger partial charge in [-0.3, -0.25) is 25.0 Å². The molecule has 218 valence electrons. The van der Waals surface area contributed by atoms with Crippen molar-refractivity contribution in [3.8, 4) is 17.2 Å². The summed E-state index contributed by atoms with van der Waals surface area (Å²) in [4.78, 5) is 50.9. The number of nitrogens with one attached hydrogen (secondary N) is 2. The molecule has 0 aliphatic carbocycles. The molecule has 0 saturated carbocycles. The van der Waals surface area contributed by atoms with Gasteiger partial charge in [0.05, 0.1) is 18.2 Å². The number of hydrogen-bond donors (Lipinski definition) is 2. The van der Waals surface area contributed by atoms with Gasteiger partial charge in [-0.25, -0.2) is 18.0 Å². The summed E-state index contributed by atoms with van der Waals surface area (Å²) < 4.78 is 56.0. The Morgan fingerprint density at radius 1 is 1.10 bits per heavy atom. The van der Waals surface area contributed by atoms with E-state index in [9.17, 15) is 32.3 Å². The fourth-order valence-electron chi connectivity index (χ4n) is 4.82. The van der Waals surface area contributed by atoms with E-state index >= 15 is 0 Å². The third kappa shape index (κ3) is 5.85. The summed E-state index contributed by atoms with van der Waals surface area (Å²) in [5.41, 5.74) is 1.04. The van der Waals surface area contributed by atoms with Crippen molar-refractivity contribution < 1.29 is 46.6 Å². The molecule has 3 aromatic rings. The number of amides is 4. The van der Waals surface area contributed by atoms with E-state index in [1.165, 1.54) is 36.3 Å². The minimum Gasteiger partial charge on any atom is -0.495 e. The Kier molecular flexibility index (Phi) is 8.00. The lowest BCUT2D eigenvalue weighted by atomic mass is 10.0. The van der Waals surface area contributed by atoms with Crippen LogP contribution in [0.25, 0.3) is 0 Å². The lowest BCUT2D eigenvalue weighted by Crippen LogP contribution is -2.52. The highest BCUT2D eigenvalue weighted by molar-refractivity contribution is 6.06. The second-order valence-electron chi connectivity index (χ2n) is 9.50. The molecule has 0 aromatic heterocycles. The molecule has 0 spiro atoms. The molecule has 0 radical (unpaired) electrons. The Morgan fingerprint density at radius 3 is 2.55 bits per heavy atom. The predicted octanol–water partition coefficient (Wildman–Crippen LogP) is 5.07. The van der Waals surface area contributed by atoms with E-state index < -0.39 is 41.8 Å². The monoisotopic (exact) mass is 583 g/mol. The molecule has 2 N–H and O–H groups in total. The van der Waals surface area contributed by atoms with Crippen LogP contribution in [0.15, 0.2) is 54.6 Å². The van der Waals surface area contributed by atoms with E-state index in [0.29, 0.717) is 22.9 Å². The highest BCUT2D eigenvalue weighted by Gasteiger charge is 2.41. The first-order valence-corrected chi connectivity index (χ1v) is 12.8. The smallest absolute Gasteiger partial charge is 0.411 e. The normalized spacial score (nSPS) is 16.3. The first-order valence-electron chi connectivity index (χ1n) is 12.8. The number of methoxy groups -OCH3 is 1. The molecule has 0 bridgehead atoms. The molecule has 1 atom stereocenters. The Morgan fingerprint density at radius 2 is 1.86 bits per heavy atom. The largest absolute Gasteiger partial charge is 0.495 e. The zero-order chi connectivity index (χ0) is 30.0. The minimum absolute atomic E-state index is 0.130. The summed E-state index contributed by atoms with van der Waals surface area (Å²) >= 11 is 0. The lowest BCUT2D eigenvalue weighted by molar-refractivity contribution is -0.136. The van der Waals surface area contributed by atoms with Crippen LogP contribution in [0, 0.1) is 5.82 Å². The third-order valence-electron chi connectivity index (χ3n) is 6.83. The number of carbonyl (C=O) groups is 4. The third-order valence-corrected chi connectivity index (χ3v) is 6.83. The molecular formula is C29H24F3N3O7. The van der Waals surface area contributed by atoms with E-state index in [4.69, 9.17) is 14.2 Å². The Bertz CT molecular complexity index is 1560. The summed E-state index contributed by atoms with van der Waals surface area (Å²) in [5.74, 6) is -1.95. The summed E-state index contributed by atoms with van der Waals surface area (Å²) in [7, 11) is 1.38.